The third-order valence-corrected chi connectivity index (χ3v) is 4.17. The van der Waals surface area contributed by atoms with Crippen molar-refractivity contribution in [1.82, 2.24) is 14.6 Å². The largest absolute Gasteiger partial charge is 0.350 e. The minimum Gasteiger partial charge on any atom is -0.350 e. The second-order valence-corrected chi connectivity index (χ2v) is 5.81. The van der Waals surface area contributed by atoms with Crippen LogP contribution in [0.2, 0.25) is 0 Å². The topological polar surface area (TPSA) is 42.2 Å². The summed E-state index contributed by atoms with van der Waals surface area (Å²) >= 11 is 0. The molecule has 1 saturated carbocycles. The summed E-state index contributed by atoms with van der Waals surface area (Å²) in [5.74, 6) is 1.47. The molecule has 1 aliphatic rings. The third kappa shape index (κ3) is 2.72. The third-order valence-electron chi connectivity index (χ3n) is 4.17. The minimum atomic E-state index is 0.515. The summed E-state index contributed by atoms with van der Waals surface area (Å²) in [5.41, 5.74) is 2.14. The monoisotopic (exact) mass is 258 g/mol. The van der Waals surface area contributed by atoms with E-state index in [9.17, 15) is 0 Å². The molecule has 1 aliphatic carbocycles. The molecule has 19 heavy (non-hydrogen) atoms. The van der Waals surface area contributed by atoms with Gasteiger partial charge in [-0.1, -0.05) is 26.2 Å². The maximum absolute atomic E-state index is 4.57. The lowest BCUT2D eigenvalue weighted by Crippen LogP contribution is -2.26. The molecule has 4 nitrogen and oxygen atoms in total. The van der Waals surface area contributed by atoms with Crippen LogP contribution in [-0.2, 0) is 0 Å². The van der Waals surface area contributed by atoms with Crippen molar-refractivity contribution in [2.24, 2.45) is 5.92 Å². The smallest absolute Gasteiger partial charge is 0.243 e. The number of anilines is 1. The first-order chi connectivity index (χ1) is 9.22. The summed E-state index contributed by atoms with van der Waals surface area (Å²) < 4.78 is 1.84. The van der Waals surface area contributed by atoms with E-state index in [0.717, 1.165) is 11.6 Å². The highest BCUT2D eigenvalue weighted by atomic mass is 15.3. The van der Waals surface area contributed by atoms with Crippen molar-refractivity contribution in [2.75, 3.05) is 5.32 Å². The fraction of sp³-hybridized carbons (Fsp3) is 0.600. The van der Waals surface area contributed by atoms with Crippen molar-refractivity contribution in [3.63, 3.8) is 0 Å². The summed E-state index contributed by atoms with van der Waals surface area (Å²) in [6.07, 6.45) is 8.55. The molecule has 102 valence electrons. The average Bonchev–Trinajstić information content (AvgIpc) is 2.66. The Morgan fingerprint density at radius 3 is 3.00 bits per heavy atom. The number of fused-ring (bicyclic) bond motifs is 1. The van der Waals surface area contributed by atoms with Gasteiger partial charge < -0.3 is 5.32 Å². The van der Waals surface area contributed by atoms with Crippen LogP contribution in [0.15, 0.2) is 18.3 Å². The van der Waals surface area contributed by atoms with E-state index < -0.39 is 0 Å². The molecule has 0 spiro atoms. The van der Waals surface area contributed by atoms with Crippen LogP contribution in [-0.4, -0.2) is 20.6 Å². The SMILES string of the molecule is Cc1ccn2nc(NC3CCCCCC3C)nc2c1. The number of pyridine rings is 1. The molecular formula is C15H22N4. The van der Waals surface area contributed by atoms with Crippen molar-refractivity contribution >= 4 is 11.6 Å². The molecule has 2 unspecified atom stereocenters. The highest BCUT2D eigenvalue weighted by Gasteiger charge is 2.20. The summed E-state index contributed by atoms with van der Waals surface area (Å²) in [5, 5.41) is 8.04. The Balaban J connectivity index is 1.80. The van der Waals surface area contributed by atoms with Gasteiger partial charge in [0.25, 0.3) is 0 Å². The molecule has 1 fully saturated rings. The van der Waals surface area contributed by atoms with Crippen LogP contribution in [0.4, 0.5) is 5.95 Å². The second kappa shape index (κ2) is 5.19. The minimum absolute atomic E-state index is 0.515. The predicted octanol–water partition coefficient (Wildman–Crippen LogP) is 3.42. The van der Waals surface area contributed by atoms with E-state index in [1.807, 2.05) is 10.7 Å². The van der Waals surface area contributed by atoms with E-state index in [0.29, 0.717) is 12.0 Å². The van der Waals surface area contributed by atoms with Crippen molar-refractivity contribution in [2.45, 2.75) is 52.0 Å². The lowest BCUT2D eigenvalue weighted by atomic mass is 9.97. The molecule has 0 amide bonds. The van der Waals surface area contributed by atoms with Crippen LogP contribution in [0.3, 0.4) is 0 Å². The van der Waals surface area contributed by atoms with Crippen LogP contribution in [0.1, 0.15) is 44.6 Å². The maximum Gasteiger partial charge on any atom is 0.243 e. The lowest BCUT2D eigenvalue weighted by Gasteiger charge is -2.21. The molecule has 2 heterocycles. The number of aromatic nitrogens is 3. The van der Waals surface area contributed by atoms with Crippen molar-refractivity contribution in [1.29, 1.82) is 0 Å². The van der Waals surface area contributed by atoms with Gasteiger partial charge in [-0.15, -0.1) is 5.10 Å². The molecular weight excluding hydrogens is 236 g/mol. The van der Waals surface area contributed by atoms with Crippen LogP contribution in [0.5, 0.6) is 0 Å². The molecule has 2 aromatic heterocycles. The molecule has 2 aromatic rings. The molecule has 0 radical (unpaired) electrons. The van der Waals surface area contributed by atoms with Gasteiger partial charge in [-0.05, 0) is 43.4 Å². The van der Waals surface area contributed by atoms with Gasteiger partial charge >= 0.3 is 0 Å². The Hall–Kier alpha value is -1.58. The zero-order chi connectivity index (χ0) is 13.2. The quantitative estimate of drug-likeness (QED) is 0.839. The number of nitrogens with one attached hydrogen (secondary N) is 1. The fourth-order valence-corrected chi connectivity index (χ4v) is 2.92. The Labute approximate surface area is 114 Å². The number of hydrogen-bond acceptors (Lipinski definition) is 3. The summed E-state index contributed by atoms with van der Waals surface area (Å²) in [4.78, 5) is 4.57. The van der Waals surface area contributed by atoms with Crippen LogP contribution < -0.4 is 5.32 Å². The van der Waals surface area contributed by atoms with E-state index in [1.165, 1.54) is 37.7 Å². The van der Waals surface area contributed by atoms with Gasteiger partial charge in [-0.25, -0.2) is 4.52 Å². The highest BCUT2D eigenvalue weighted by molar-refractivity contribution is 5.45. The molecule has 4 heteroatoms. The van der Waals surface area contributed by atoms with Crippen LogP contribution in [0.25, 0.3) is 5.65 Å². The average molecular weight is 258 g/mol. The molecule has 3 rings (SSSR count). The van der Waals surface area contributed by atoms with Gasteiger partial charge in [0.15, 0.2) is 5.65 Å². The Bertz CT molecular complexity index is 560. The molecule has 0 aromatic carbocycles. The van der Waals surface area contributed by atoms with Crippen molar-refractivity contribution in [3.05, 3.63) is 23.9 Å². The van der Waals surface area contributed by atoms with E-state index in [-0.39, 0.29) is 0 Å². The standard InChI is InChI=1S/C15H22N4/c1-11-8-9-19-14(10-11)17-15(18-19)16-13-7-5-3-4-6-12(13)2/h8-10,12-13H,3-7H2,1-2H3,(H,16,18). The van der Waals surface area contributed by atoms with E-state index >= 15 is 0 Å². The van der Waals surface area contributed by atoms with E-state index in [4.69, 9.17) is 0 Å². The van der Waals surface area contributed by atoms with E-state index in [1.54, 1.807) is 0 Å². The van der Waals surface area contributed by atoms with Gasteiger partial charge in [-0.3, -0.25) is 0 Å². The van der Waals surface area contributed by atoms with Crippen LogP contribution in [0, 0.1) is 12.8 Å². The zero-order valence-corrected chi connectivity index (χ0v) is 11.8. The van der Waals surface area contributed by atoms with Gasteiger partial charge in [0.2, 0.25) is 5.95 Å². The van der Waals surface area contributed by atoms with Gasteiger partial charge in [0.05, 0.1) is 0 Å². The normalized spacial score (nSPS) is 24.3. The van der Waals surface area contributed by atoms with Crippen LogP contribution >= 0.6 is 0 Å². The molecule has 0 saturated heterocycles. The Kier molecular flexibility index (Phi) is 3.40. The first kappa shape index (κ1) is 12.5. The van der Waals surface area contributed by atoms with Crippen molar-refractivity contribution in [3.8, 4) is 0 Å². The molecule has 2 atom stereocenters. The van der Waals surface area contributed by atoms with E-state index in [2.05, 4.69) is 41.4 Å². The second-order valence-electron chi connectivity index (χ2n) is 5.81. The lowest BCUT2D eigenvalue weighted by molar-refractivity contribution is 0.454. The number of rotatable bonds is 2. The van der Waals surface area contributed by atoms with Gasteiger partial charge in [-0.2, -0.15) is 4.98 Å². The zero-order valence-electron chi connectivity index (χ0n) is 11.8. The van der Waals surface area contributed by atoms with Gasteiger partial charge in [0, 0.05) is 12.2 Å². The number of nitrogens with zero attached hydrogens (tertiary/aromatic N) is 3. The predicted molar refractivity (Wildman–Crippen MR) is 77.4 cm³/mol. The molecule has 1 N–H and O–H groups in total. The number of hydrogen-bond donors (Lipinski definition) is 1. The number of aryl methyl sites for hydroxylation is 1. The fourth-order valence-electron chi connectivity index (χ4n) is 2.92. The maximum atomic E-state index is 4.57. The first-order valence-electron chi connectivity index (χ1n) is 7.32. The highest BCUT2D eigenvalue weighted by Crippen LogP contribution is 2.25. The Morgan fingerprint density at radius 1 is 1.26 bits per heavy atom. The van der Waals surface area contributed by atoms with Gasteiger partial charge in [0.1, 0.15) is 0 Å². The summed E-state index contributed by atoms with van der Waals surface area (Å²) in [7, 11) is 0. The summed E-state index contributed by atoms with van der Waals surface area (Å²) in [6, 6.07) is 4.63. The first-order valence-corrected chi connectivity index (χ1v) is 7.32. The molecule has 0 bridgehead atoms. The molecule has 0 aliphatic heterocycles. The summed E-state index contributed by atoms with van der Waals surface area (Å²) in [6.45, 7) is 4.41. The Morgan fingerprint density at radius 2 is 2.11 bits per heavy atom. The van der Waals surface area contributed by atoms with Crippen molar-refractivity contribution < 1.29 is 0 Å².